The van der Waals surface area contributed by atoms with Gasteiger partial charge in [-0.1, -0.05) is 0 Å². The summed E-state index contributed by atoms with van der Waals surface area (Å²) in [7, 11) is 2.05. The van der Waals surface area contributed by atoms with Gasteiger partial charge in [0, 0.05) is 23.4 Å². The van der Waals surface area contributed by atoms with Gasteiger partial charge in [-0.3, -0.25) is 4.90 Å². The molecule has 0 unspecified atom stereocenters. The summed E-state index contributed by atoms with van der Waals surface area (Å²) in [5, 5.41) is 0. The molecule has 21 heavy (non-hydrogen) atoms. The molecule has 0 amide bonds. The monoisotopic (exact) mass is 288 g/mol. The minimum absolute atomic E-state index is 0.297. The number of rotatable bonds is 4. The van der Waals surface area contributed by atoms with Gasteiger partial charge in [0.05, 0.1) is 13.2 Å². The van der Waals surface area contributed by atoms with E-state index in [0.717, 1.165) is 47.2 Å². The summed E-state index contributed by atoms with van der Waals surface area (Å²) in [6.07, 6.45) is 0. The smallest absolute Gasteiger partial charge is 0.189 e. The molecule has 0 saturated heterocycles. The molecule has 5 nitrogen and oxygen atoms in total. The molecule has 112 valence electrons. The van der Waals surface area contributed by atoms with Crippen molar-refractivity contribution in [3.8, 4) is 5.75 Å². The number of hydrogen-bond donors (Lipinski definition) is 1. The molecular weight excluding hydrogens is 268 g/mol. The molecule has 0 radical (unpaired) electrons. The van der Waals surface area contributed by atoms with E-state index in [2.05, 4.69) is 4.90 Å². The molecule has 2 aromatic rings. The number of fused-ring (bicyclic) bond motifs is 1. The molecule has 0 fully saturated rings. The highest BCUT2D eigenvalue weighted by Gasteiger charge is 2.17. The minimum atomic E-state index is 0.297. The lowest BCUT2D eigenvalue weighted by Crippen LogP contribution is -2.20. The van der Waals surface area contributed by atoms with Gasteiger partial charge in [-0.05, 0) is 38.2 Å². The van der Waals surface area contributed by atoms with Gasteiger partial charge >= 0.3 is 0 Å². The van der Waals surface area contributed by atoms with Crippen LogP contribution >= 0.6 is 0 Å². The summed E-state index contributed by atoms with van der Waals surface area (Å²) in [5.41, 5.74) is 8.80. The number of nitrogen functional groups attached to an aromatic ring is 1. The van der Waals surface area contributed by atoms with E-state index in [1.807, 2.05) is 38.2 Å². The standard InChI is InChI=1S/C16H20N2O3/c1-11-3-4-15(21-11)8-18(2)7-12-5-14(17)6-13-9-19-10-20-16(12)13/h3-6H,7-10,17H2,1-2H3. The van der Waals surface area contributed by atoms with Crippen LogP contribution in [0.25, 0.3) is 0 Å². The van der Waals surface area contributed by atoms with Crippen LogP contribution in [0, 0.1) is 6.92 Å². The summed E-state index contributed by atoms with van der Waals surface area (Å²) >= 11 is 0. The van der Waals surface area contributed by atoms with Crippen molar-refractivity contribution < 1.29 is 13.9 Å². The molecule has 3 rings (SSSR count). The fraction of sp³-hybridized carbons (Fsp3) is 0.375. The third-order valence-corrected chi connectivity index (χ3v) is 3.47. The van der Waals surface area contributed by atoms with E-state index in [1.54, 1.807) is 0 Å². The lowest BCUT2D eigenvalue weighted by Gasteiger charge is -2.23. The highest BCUT2D eigenvalue weighted by atomic mass is 16.7. The molecular formula is C16H20N2O3. The van der Waals surface area contributed by atoms with Crippen LogP contribution in [-0.2, 0) is 24.4 Å². The van der Waals surface area contributed by atoms with Crippen molar-refractivity contribution in [1.29, 1.82) is 0 Å². The van der Waals surface area contributed by atoms with Gasteiger partial charge in [0.25, 0.3) is 0 Å². The van der Waals surface area contributed by atoms with Gasteiger partial charge in [0.2, 0.25) is 0 Å². The normalized spacial score (nSPS) is 14.0. The van der Waals surface area contributed by atoms with Crippen molar-refractivity contribution in [2.24, 2.45) is 0 Å². The topological polar surface area (TPSA) is 60.9 Å². The van der Waals surface area contributed by atoms with Crippen LogP contribution in [0.2, 0.25) is 0 Å². The number of nitrogens with two attached hydrogens (primary N) is 1. The van der Waals surface area contributed by atoms with E-state index in [4.69, 9.17) is 19.6 Å². The summed E-state index contributed by atoms with van der Waals surface area (Å²) in [6, 6.07) is 7.86. The van der Waals surface area contributed by atoms with E-state index >= 15 is 0 Å². The Kier molecular flexibility index (Phi) is 3.86. The largest absolute Gasteiger partial charge is 0.467 e. The number of ether oxygens (including phenoxy) is 2. The van der Waals surface area contributed by atoms with Crippen molar-refractivity contribution in [2.45, 2.75) is 26.6 Å². The summed E-state index contributed by atoms with van der Waals surface area (Å²) in [4.78, 5) is 2.17. The summed E-state index contributed by atoms with van der Waals surface area (Å²) < 4.78 is 16.6. The van der Waals surface area contributed by atoms with Gasteiger partial charge in [-0.2, -0.15) is 0 Å². The van der Waals surface area contributed by atoms with Gasteiger partial charge in [-0.15, -0.1) is 0 Å². The molecule has 2 heterocycles. The molecule has 0 saturated carbocycles. The minimum Gasteiger partial charge on any atom is -0.467 e. The maximum Gasteiger partial charge on any atom is 0.189 e. The third-order valence-electron chi connectivity index (χ3n) is 3.47. The van der Waals surface area contributed by atoms with Crippen molar-refractivity contribution in [2.75, 3.05) is 19.6 Å². The molecule has 1 aromatic carbocycles. The van der Waals surface area contributed by atoms with E-state index in [-0.39, 0.29) is 0 Å². The Balaban J connectivity index is 1.76. The predicted molar refractivity (Wildman–Crippen MR) is 79.8 cm³/mol. The number of nitrogens with zero attached hydrogens (tertiary/aromatic N) is 1. The molecule has 0 aliphatic carbocycles. The van der Waals surface area contributed by atoms with Gasteiger partial charge in [0.1, 0.15) is 17.3 Å². The Labute approximate surface area is 124 Å². The first-order valence-corrected chi connectivity index (χ1v) is 6.97. The van der Waals surface area contributed by atoms with E-state index in [9.17, 15) is 0 Å². The van der Waals surface area contributed by atoms with Gasteiger partial charge in [0.15, 0.2) is 6.79 Å². The quantitative estimate of drug-likeness (QED) is 0.876. The van der Waals surface area contributed by atoms with Crippen LogP contribution in [0.15, 0.2) is 28.7 Å². The molecule has 2 N–H and O–H groups in total. The molecule has 0 spiro atoms. The van der Waals surface area contributed by atoms with E-state index in [1.165, 1.54) is 0 Å². The molecule has 5 heteroatoms. The summed E-state index contributed by atoms with van der Waals surface area (Å²) in [5.74, 6) is 2.79. The van der Waals surface area contributed by atoms with Crippen molar-refractivity contribution >= 4 is 5.69 Å². The molecule has 0 bridgehead atoms. The Morgan fingerprint density at radius 3 is 2.86 bits per heavy atom. The van der Waals surface area contributed by atoms with Crippen LogP contribution in [0.3, 0.4) is 0 Å². The van der Waals surface area contributed by atoms with Crippen LogP contribution in [-0.4, -0.2) is 18.7 Å². The SMILES string of the molecule is Cc1ccc(CN(C)Cc2cc(N)cc3c2OCOC3)o1. The second-order valence-corrected chi connectivity index (χ2v) is 5.46. The van der Waals surface area contributed by atoms with Crippen LogP contribution in [0.5, 0.6) is 5.75 Å². The molecule has 0 atom stereocenters. The Hall–Kier alpha value is -1.98. The third kappa shape index (κ3) is 3.20. The fourth-order valence-electron chi connectivity index (χ4n) is 2.63. The Bertz CT molecular complexity index is 636. The molecule has 1 aliphatic rings. The highest BCUT2D eigenvalue weighted by Crippen LogP contribution is 2.31. The highest BCUT2D eigenvalue weighted by molar-refractivity contribution is 5.53. The zero-order valence-electron chi connectivity index (χ0n) is 12.4. The van der Waals surface area contributed by atoms with E-state index in [0.29, 0.717) is 13.4 Å². The summed E-state index contributed by atoms with van der Waals surface area (Å²) in [6.45, 7) is 4.28. The second-order valence-electron chi connectivity index (χ2n) is 5.46. The van der Waals surface area contributed by atoms with Gasteiger partial charge in [-0.25, -0.2) is 0 Å². The fourth-order valence-corrected chi connectivity index (χ4v) is 2.63. The van der Waals surface area contributed by atoms with E-state index < -0.39 is 0 Å². The average Bonchev–Trinajstić information content (AvgIpc) is 2.83. The van der Waals surface area contributed by atoms with Crippen LogP contribution in [0.4, 0.5) is 5.69 Å². The lowest BCUT2D eigenvalue weighted by atomic mass is 10.1. The number of hydrogen-bond acceptors (Lipinski definition) is 5. The Morgan fingerprint density at radius 1 is 1.24 bits per heavy atom. The van der Waals surface area contributed by atoms with Gasteiger partial charge < -0.3 is 19.6 Å². The molecule has 1 aromatic heterocycles. The van der Waals surface area contributed by atoms with Crippen molar-refractivity contribution in [3.63, 3.8) is 0 Å². The number of aryl methyl sites for hydroxylation is 1. The lowest BCUT2D eigenvalue weighted by molar-refractivity contribution is -0.0174. The van der Waals surface area contributed by atoms with Crippen LogP contribution < -0.4 is 10.5 Å². The average molecular weight is 288 g/mol. The van der Waals surface area contributed by atoms with Crippen molar-refractivity contribution in [3.05, 3.63) is 46.9 Å². The maximum absolute atomic E-state index is 5.97. The second kappa shape index (κ2) is 5.79. The first kappa shape index (κ1) is 14.0. The Morgan fingerprint density at radius 2 is 2.10 bits per heavy atom. The zero-order valence-corrected chi connectivity index (χ0v) is 12.4. The molecule has 1 aliphatic heterocycles. The first-order valence-electron chi connectivity index (χ1n) is 6.97. The number of anilines is 1. The van der Waals surface area contributed by atoms with Crippen LogP contribution in [0.1, 0.15) is 22.6 Å². The predicted octanol–water partition coefficient (Wildman–Crippen LogP) is 2.67. The number of benzene rings is 1. The van der Waals surface area contributed by atoms with Crippen molar-refractivity contribution in [1.82, 2.24) is 4.90 Å². The zero-order chi connectivity index (χ0) is 14.8. The number of furan rings is 1. The first-order chi connectivity index (χ1) is 10.1. The maximum atomic E-state index is 5.97.